The summed E-state index contributed by atoms with van der Waals surface area (Å²) in [4.78, 5) is 8.81. The second-order valence-corrected chi connectivity index (χ2v) is 7.69. The standard InChI is InChI=1S/C21H23ClN4/c1-3-8-16-20(23-2)17(14-11-6-7-12-15(14)22)18-19(13-9-4-5-10-13)25-26-21(18)24-16/h6-7,11-13,17,20H,3-5,8-10H2,1H3,(H,25,26). The number of hydrogen-bond donors (Lipinski definition) is 1. The number of H-pyrrole nitrogens is 1. The average Bonchev–Trinajstić information content (AvgIpc) is 3.30. The second-order valence-electron chi connectivity index (χ2n) is 7.28. The minimum absolute atomic E-state index is 0.0930. The Balaban J connectivity index is 1.91. The molecule has 5 heteroatoms. The molecule has 1 aromatic carbocycles. The Hall–Kier alpha value is -2.12. The zero-order valence-corrected chi connectivity index (χ0v) is 15.8. The smallest absolute Gasteiger partial charge is 0.272 e. The van der Waals surface area contributed by atoms with Gasteiger partial charge in [-0.2, -0.15) is 5.10 Å². The fourth-order valence-electron chi connectivity index (χ4n) is 4.49. The van der Waals surface area contributed by atoms with Crippen LogP contribution in [-0.4, -0.2) is 22.0 Å². The maximum absolute atomic E-state index is 7.90. The fourth-order valence-corrected chi connectivity index (χ4v) is 4.74. The molecule has 1 aliphatic heterocycles. The minimum atomic E-state index is -0.305. The number of nitrogens with one attached hydrogen (secondary N) is 1. The van der Waals surface area contributed by atoms with Crippen LogP contribution < -0.4 is 0 Å². The van der Waals surface area contributed by atoms with Gasteiger partial charge in [0.2, 0.25) is 0 Å². The zero-order chi connectivity index (χ0) is 18.1. The van der Waals surface area contributed by atoms with Gasteiger partial charge in [-0.05, 0) is 30.9 Å². The van der Waals surface area contributed by atoms with E-state index in [0.717, 1.165) is 35.5 Å². The number of aromatic amines is 1. The Kier molecular flexibility index (Phi) is 4.82. The van der Waals surface area contributed by atoms with Gasteiger partial charge in [0.25, 0.3) is 6.04 Å². The van der Waals surface area contributed by atoms with Crippen molar-refractivity contribution in [3.05, 3.63) is 57.5 Å². The van der Waals surface area contributed by atoms with Crippen LogP contribution in [0.5, 0.6) is 0 Å². The molecule has 0 amide bonds. The van der Waals surface area contributed by atoms with Crippen LogP contribution in [0.15, 0.2) is 29.3 Å². The van der Waals surface area contributed by atoms with Gasteiger partial charge in [-0.15, -0.1) is 0 Å². The molecule has 1 fully saturated rings. The van der Waals surface area contributed by atoms with Gasteiger partial charge in [0.1, 0.15) is 5.71 Å². The number of aromatic nitrogens is 2. The zero-order valence-electron chi connectivity index (χ0n) is 15.0. The average molecular weight is 367 g/mol. The van der Waals surface area contributed by atoms with Gasteiger partial charge in [0, 0.05) is 22.2 Å². The second kappa shape index (κ2) is 7.25. The molecule has 1 saturated carbocycles. The molecule has 0 radical (unpaired) electrons. The summed E-state index contributed by atoms with van der Waals surface area (Å²) in [6.45, 7) is 10.0. The van der Waals surface area contributed by atoms with Crippen LogP contribution in [0.25, 0.3) is 4.85 Å². The predicted molar refractivity (Wildman–Crippen MR) is 105 cm³/mol. The van der Waals surface area contributed by atoms with Crippen molar-refractivity contribution in [1.82, 2.24) is 10.2 Å². The van der Waals surface area contributed by atoms with E-state index in [4.69, 9.17) is 23.2 Å². The Morgan fingerprint density at radius 3 is 2.73 bits per heavy atom. The van der Waals surface area contributed by atoms with Crippen LogP contribution in [0, 0.1) is 6.57 Å². The van der Waals surface area contributed by atoms with Crippen LogP contribution in [0.3, 0.4) is 0 Å². The molecule has 2 atom stereocenters. The molecular formula is C21H23ClN4. The molecular weight excluding hydrogens is 344 g/mol. The maximum Gasteiger partial charge on any atom is 0.272 e. The Morgan fingerprint density at radius 1 is 1.27 bits per heavy atom. The van der Waals surface area contributed by atoms with Crippen molar-refractivity contribution in [2.24, 2.45) is 4.99 Å². The molecule has 1 aliphatic carbocycles. The van der Waals surface area contributed by atoms with E-state index < -0.39 is 0 Å². The predicted octanol–water partition coefficient (Wildman–Crippen LogP) is 6.03. The summed E-state index contributed by atoms with van der Waals surface area (Å²) in [5.41, 5.74) is 4.23. The number of halogens is 1. The molecule has 4 nitrogen and oxygen atoms in total. The van der Waals surface area contributed by atoms with Crippen molar-refractivity contribution in [2.45, 2.75) is 63.3 Å². The Morgan fingerprint density at radius 2 is 2.04 bits per heavy atom. The van der Waals surface area contributed by atoms with Gasteiger partial charge in [-0.3, -0.25) is 5.10 Å². The highest BCUT2D eigenvalue weighted by Crippen LogP contribution is 2.47. The van der Waals surface area contributed by atoms with Gasteiger partial charge in [-0.25, -0.2) is 11.6 Å². The Labute approximate surface area is 159 Å². The number of nitrogens with zero attached hydrogens (tertiary/aromatic N) is 3. The van der Waals surface area contributed by atoms with Crippen molar-refractivity contribution in [2.75, 3.05) is 0 Å². The normalized spacial score (nSPS) is 22.7. The number of rotatable bonds is 4. The molecule has 0 bridgehead atoms. The lowest BCUT2D eigenvalue weighted by Gasteiger charge is -2.26. The summed E-state index contributed by atoms with van der Waals surface area (Å²) >= 11 is 6.58. The molecule has 1 N–H and O–H groups in total. The number of aliphatic imine (C=N–C) groups is 1. The highest BCUT2D eigenvalue weighted by molar-refractivity contribution is 6.31. The van der Waals surface area contributed by atoms with E-state index in [1.165, 1.54) is 31.4 Å². The molecule has 1 aromatic heterocycles. The lowest BCUT2D eigenvalue weighted by atomic mass is 9.78. The molecule has 0 spiro atoms. The minimum Gasteiger partial charge on any atom is -0.306 e. The quantitative estimate of drug-likeness (QED) is 0.660. The molecule has 26 heavy (non-hydrogen) atoms. The monoisotopic (exact) mass is 366 g/mol. The van der Waals surface area contributed by atoms with E-state index in [2.05, 4.69) is 28.0 Å². The molecule has 0 saturated heterocycles. The first-order chi connectivity index (χ1) is 12.7. The maximum atomic E-state index is 7.90. The summed E-state index contributed by atoms with van der Waals surface area (Å²) < 4.78 is 0. The SMILES string of the molecule is [C-]#[N+]C1C(CCC)=Nc2n[nH]c(C3CCCC3)c2C1c1ccccc1Cl. The van der Waals surface area contributed by atoms with Gasteiger partial charge in [0.05, 0.1) is 5.92 Å². The van der Waals surface area contributed by atoms with Crippen molar-refractivity contribution in [3.63, 3.8) is 0 Å². The third-order valence-electron chi connectivity index (χ3n) is 5.68. The summed E-state index contributed by atoms with van der Waals surface area (Å²) in [5, 5.41) is 8.55. The van der Waals surface area contributed by atoms with Crippen molar-refractivity contribution >= 4 is 23.1 Å². The number of benzene rings is 1. The van der Waals surface area contributed by atoms with Gasteiger partial charge >= 0.3 is 0 Å². The van der Waals surface area contributed by atoms with E-state index in [-0.39, 0.29) is 12.0 Å². The Bertz CT molecular complexity index is 870. The molecule has 134 valence electrons. The van der Waals surface area contributed by atoms with Gasteiger partial charge in [-0.1, -0.05) is 56.0 Å². The van der Waals surface area contributed by atoms with Crippen molar-refractivity contribution in [1.29, 1.82) is 0 Å². The van der Waals surface area contributed by atoms with Crippen molar-refractivity contribution < 1.29 is 0 Å². The van der Waals surface area contributed by atoms with E-state index in [1.807, 2.05) is 18.2 Å². The summed E-state index contributed by atoms with van der Waals surface area (Å²) in [7, 11) is 0. The van der Waals surface area contributed by atoms with Gasteiger partial charge < -0.3 is 4.85 Å². The molecule has 2 heterocycles. The van der Waals surface area contributed by atoms with Crippen LogP contribution in [0.2, 0.25) is 5.02 Å². The number of fused-ring (bicyclic) bond motifs is 1. The van der Waals surface area contributed by atoms with Gasteiger partial charge in [0.15, 0.2) is 5.82 Å². The van der Waals surface area contributed by atoms with Crippen LogP contribution >= 0.6 is 11.6 Å². The molecule has 2 aromatic rings. The summed E-state index contributed by atoms with van der Waals surface area (Å²) in [6, 6.07) is 7.60. The third kappa shape index (κ3) is 2.85. The lowest BCUT2D eigenvalue weighted by Crippen LogP contribution is -2.30. The van der Waals surface area contributed by atoms with E-state index >= 15 is 0 Å². The highest BCUT2D eigenvalue weighted by Gasteiger charge is 2.43. The van der Waals surface area contributed by atoms with E-state index in [9.17, 15) is 0 Å². The topological polar surface area (TPSA) is 45.4 Å². The first-order valence-electron chi connectivity index (χ1n) is 9.51. The largest absolute Gasteiger partial charge is 0.306 e. The van der Waals surface area contributed by atoms with Crippen LogP contribution in [0.1, 0.15) is 74.1 Å². The lowest BCUT2D eigenvalue weighted by molar-refractivity contribution is 0.668. The first kappa shape index (κ1) is 17.3. The summed E-state index contributed by atoms with van der Waals surface area (Å²) in [6.07, 6.45) is 6.65. The molecule has 2 unspecified atom stereocenters. The van der Waals surface area contributed by atoms with Crippen molar-refractivity contribution in [3.8, 4) is 0 Å². The van der Waals surface area contributed by atoms with E-state index in [0.29, 0.717) is 10.9 Å². The molecule has 2 aliphatic rings. The third-order valence-corrected chi connectivity index (χ3v) is 6.02. The molecule has 4 rings (SSSR count). The first-order valence-corrected chi connectivity index (χ1v) is 9.89. The number of hydrogen-bond acceptors (Lipinski definition) is 2. The highest BCUT2D eigenvalue weighted by atomic mass is 35.5. The van der Waals surface area contributed by atoms with Crippen LogP contribution in [0.4, 0.5) is 5.82 Å². The fraction of sp³-hybridized carbons (Fsp3) is 0.476. The van der Waals surface area contributed by atoms with E-state index in [1.54, 1.807) is 0 Å². The summed E-state index contributed by atoms with van der Waals surface area (Å²) in [5.74, 6) is 1.16. The van der Waals surface area contributed by atoms with Crippen LogP contribution in [-0.2, 0) is 0 Å².